The fourth-order valence-electron chi connectivity index (χ4n) is 4.41. The Bertz CT molecular complexity index is 1120. The van der Waals surface area contributed by atoms with Gasteiger partial charge in [0, 0.05) is 19.6 Å². The van der Waals surface area contributed by atoms with E-state index in [1.807, 2.05) is 25.1 Å². The first-order valence-electron chi connectivity index (χ1n) is 10.7. The molecule has 0 bridgehead atoms. The van der Waals surface area contributed by atoms with E-state index in [9.17, 15) is 14.4 Å². The van der Waals surface area contributed by atoms with Crippen LogP contribution in [-0.2, 0) is 13.6 Å². The zero-order valence-electron chi connectivity index (χ0n) is 17.9. The number of nitrogens with two attached hydrogens (primary N) is 1. The van der Waals surface area contributed by atoms with E-state index in [0.717, 1.165) is 35.3 Å². The number of Topliss-reactive ketones (excluding diaryl/α,β-unsaturated/α-hetero) is 1. The van der Waals surface area contributed by atoms with Crippen LogP contribution in [0.2, 0.25) is 0 Å². The van der Waals surface area contributed by atoms with Gasteiger partial charge in [-0.05, 0) is 43.5 Å². The first-order valence-corrected chi connectivity index (χ1v) is 10.7. The van der Waals surface area contributed by atoms with Crippen LogP contribution >= 0.6 is 0 Å². The van der Waals surface area contributed by atoms with Crippen LogP contribution in [0, 0.1) is 0 Å². The maximum atomic E-state index is 13.2. The molecule has 2 aliphatic heterocycles. The summed E-state index contributed by atoms with van der Waals surface area (Å²) in [4.78, 5) is 40.3. The van der Waals surface area contributed by atoms with Gasteiger partial charge in [0.1, 0.15) is 24.6 Å². The van der Waals surface area contributed by atoms with E-state index < -0.39 is 11.2 Å². The lowest BCUT2D eigenvalue weighted by molar-refractivity contribution is 0.0919. The molecule has 4 rings (SSSR count). The standard InChI is InChI=1S/C22H28N4O5/c1-3-8-26-20(23)19(21(28)24(2)22(26)29)16(27)13-25-9-4-5-15(25)14-6-7-17-18(12-14)31-11-10-30-17/h6-7,12,15H,3-5,8-11,13,23H2,1-2H3. The van der Waals surface area contributed by atoms with E-state index in [1.165, 1.54) is 11.6 Å². The lowest BCUT2D eigenvalue weighted by atomic mass is 10.0. The van der Waals surface area contributed by atoms with Gasteiger partial charge in [-0.2, -0.15) is 0 Å². The van der Waals surface area contributed by atoms with E-state index in [2.05, 4.69) is 4.90 Å². The molecule has 1 aromatic heterocycles. The number of hydrogen-bond donors (Lipinski definition) is 1. The van der Waals surface area contributed by atoms with Crippen molar-refractivity contribution in [1.82, 2.24) is 14.0 Å². The van der Waals surface area contributed by atoms with Crippen molar-refractivity contribution >= 4 is 11.6 Å². The molecule has 31 heavy (non-hydrogen) atoms. The number of anilines is 1. The molecule has 0 amide bonds. The molecule has 1 atom stereocenters. The van der Waals surface area contributed by atoms with Crippen LogP contribution in [0.25, 0.3) is 0 Å². The third-order valence-electron chi connectivity index (χ3n) is 5.97. The van der Waals surface area contributed by atoms with Gasteiger partial charge in [-0.3, -0.25) is 23.6 Å². The molecule has 166 valence electrons. The van der Waals surface area contributed by atoms with E-state index in [1.54, 1.807) is 0 Å². The second-order valence-corrected chi connectivity index (χ2v) is 8.01. The van der Waals surface area contributed by atoms with Crippen molar-refractivity contribution in [3.63, 3.8) is 0 Å². The third kappa shape index (κ3) is 3.85. The number of ether oxygens (including phenoxy) is 2. The Morgan fingerprint density at radius 1 is 1.19 bits per heavy atom. The Morgan fingerprint density at radius 2 is 1.94 bits per heavy atom. The van der Waals surface area contributed by atoms with Crippen LogP contribution in [0.5, 0.6) is 11.5 Å². The molecule has 1 fully saturated rings. The van der Waals surface area contributed by atoms with Gasteiger partial charge in [-0.15, -0.1) is 0 Å². The summed E-state index contributed by atoms with van der Waals surface area (Å²) in [5.41, 5.74) is 5.91. The second-order valence-electron chi connectivity index (χ2n) is 8.01. The minimum absolute atomic E-state index is 0.0337. The molecule has 1 saturated heterocycles. The average molecular weight is 428 g/mol. The summed E-state index contributed by atoms with van der Waals surface area (Å²) in [5.74, 6) is 1.03. The summed E-state index contributed by atoms with van der Waals surface area (Å²) in [5, 5.41) is 0. The number of carbonyl (C=O) groups is 1. The van der Waals surface area contributed by atoms with E-state index in [-0.39, 0.29) is 29.8 Å². The first-order chi connectivity index (χ1) is 14.9. The molecule has 2 N–H and O–H groups in total. The Hall–Kier alpha value is -3.07. The predicted octanol–water partition coefficient (Wildman–Crippen LogP) is 1.33. The molecule has 9 nitrogen and oxygen atoms in total. The number of hydrogen-bond acceptors (Lipinski definition) is 7. The number of likely N-dealkylation sites (tertiary alicyclic amines) is 1. The summed E-state index contributed by atoms with van der Waals surface area (Å²) < 4.78 is 13.6. The number of aromatic nitrogens is 2. The van der Waals surface area contributed by atoms with Crippen LogP contribution in [0.15, 0.2) is 27.8 Å². The van der Waals surface area contributed by atoms with Crippen molar-refractivity contribution < 1.29 is 14.3 Å². The average Bonchev–Trinajstić information content (AvgIpc) is 3.23. The quantitative estimate of drug-likeness (QED) is 0.692. The third-order valence-corrected chi connectivity index (χ3v) is 5.97. The van der Waals surface area contributed by atoms with Crippen molar-refractivity contribution in [2.75, 3.05) is 32.0 Å². The molecule has 0 saturated carbocycles. The first kappa shape index (κ1) is 21.2. The lowest BCUT2D eigenvalue weighted by Crippen LogP contribution is -2.44. The highest BCUT2D eigenvalue weighted by atomic mass is 16.6. The number of ketones is 1. The number of nitrogen functional groups attached to an aromatic ring is 1. The van der Waals surface area contributed by atoms with Crippen molar-refractivity contribution in [2.24, 2.45) is 7.05 Å². The van der Waals surface area contributed by atoms with Crippen LogP contribution in [0.4, 0.5) is 5.82 Å². The highest BCUT2D eigenvalue weighted by Crippen LogP contribution is 2.38. The highest BCUT2D eigenvalue weighted by molar-refractivity contribution is 6.01. The normalized spacial score (nSPS) is 18.3. The molecule has 2 aliphatic rings. The highest BCUT2D eigenvalue weighted by Gasteiger charge is 2.31. The zero-order valence-corrected chi connectivity index (χ0v) is 17.9. The van der Waals surface area contributed by atoms with Crippen LogP contribution in [0.3, 0.4) is 0 Å². The number of benzene rings is 1. The molecular weight excluding hydrogens is 400 g/mol. The van der Waals surface area contributed by atoms with Crippen molar-refractivity contribution in [2.45, 2.75) is 38.8 Å². The molecule has 0 aliphatic carbocycles. The Kier molecular flexibility index (Phi) is 5.86. The monoisotopic (exact) mass is 428 g/mol. The smallest absolute Gasteiger partial charge is 0.332 e. The van der Waals surface area contributed by atoms with E-state index in [0.29, 0.717) is 31.9 Å². The van der Waals surface area contributed by atoms with Crippen LogP contribution < -0.4 is 26.5 Å². The molecule has 3 heterocycles. The Labute approximate surface area is 180 Å². The summed E-state index contributed by atoms with van der Waals surface area (Å²) >= 11 is 0. The zero-order chi connectivity index (χ0) is 22.1. The van der Waals surface area contributed by atoms with Crippen molar-refractivity contribution in [3.8, 4) is 11.5 Å². The second kappa shape index (κ2) is 8.58. The fourth-order valence-corrected chi connectivity index (χ4v) is 4.41. The summed E-state index contributed by atoms with van der Waals surface area (Å²) in [6, 6.07) is 5.90. The van der Waals surface area contributed by atoms with Crippen LogP contribution in [0.1, 0.15) is 48.1 Å². The summed E-state index contributed by atoms with van der Waals surface area (Å²) in [6.45, 7) is 4.10. The van der Waals surface area contributed by atoms with Crippen molar-refractivity contribution in [3.05, 3.63) is 50.2 Å². The summed E-state index contributed by atoms with van der Waals surface area (Å²) in [7, 11) is 1.38. The number of fused-ring (bicyclic) bond motifs is 1. The maximum Gasteiger partial charge on any atom is 0.332 e. The van der Waals surface area contributed by atoms with Crippen molar-refractivity contribution in [1.29, 1.82) is 0 Å². The Balaban J connectivity index is 1.61. The van der Waals surface area contributed by atoms with E-state index >= 15 is 0 Å². The SMILES string of the molecule is CCCn1c(N)c(C(=O)CN2CCCC2c2ccc3c(c2)OCCO3)c(=O)n(C)c1=O. The lowest BCUT2D eigenvalue weighted by Gasteiger charge is -2.26. The van der Waals surface area contributed by atoms with Gasteiger partial charge in [0.25, 0.3) is 5.56 Å². The van der Waals surface area contributed by atoms with E-state index in [4.69, 9.17) is 15.2 Å². The van der Waals surface area contributed by atoms with Gasteiger partial charge in [0.05, 0.1) is 6.54 Å². The predicted molar refractivity (Wildman–Crippen MR) is 116 cm³/mol. The molecule has 1 unspecified atom stereocenters. The molecule has 2 aromatic rings. The van der Waals surface area contributed by atoms with Gasteiger partial charge in [-0.1, -0.05) is 13.0 Å². The Morgan fingerprint density at radius 3 is 2.68 bits per heavy atom. The van der Waals surface area contributed by atoms with Gasteiger partial charge in [0.15, 0.2) is 17.3 Å². The molecule has 0 radical (unpaired) electrons. The summed E-state index contributed by atoms with van der Waals surface area (Å²) in [6.07, 6.45) is 2.50. The van der Waals surface area contributed by atoms with Gasteiger partial charge >= 0.3 is 5.69 Å². The number of rotatable bonds is 6. The minimum Gasteiger partial charge on any atom is -0.486 e. The maximum absolute atomic E-state index is 13.2. The van der Waals surface area contributed by atoms with Gasteiger partial charge < -0.3 is 15.2 Å². The molecule has 9 heteroatoms. The topological polar surface area (TPSA) is 109 Å². The fraction of sp³-hybridized carbons (Fsp3) is 0.500. The van der Waals surface area contributed by atoms with Gasteiger partial charge in [-0.25, -0.2) is 4.79 Å². The minimum atomic E-state index is -0.644. The molecular formula is C22H28N4O5. The molecule has 0 spiro atoms. The number of nitrogens with zero attached hydrogens (tertiary/aromatic N) is 3. The number of carbonyl (C=O) groups excluding carboxylic acids is 1. The molecule has 1 aromatic carbocycles. The van der Waals surface area contributed by atoms with Crippen LogP contribution in [-0.4, -0.2) is 46.1 Å². The largest absolute Gasteiger partial charge is 0.486 e. The van der Waals surface area contributed by atoms with Gasteiger partial charge in [0.2, 0.25) is 0 Å².